The third-order valence-electron chi connectivity index (χ3n) is 6.15. The summed E-state index contributed by atoms with van der Waals surface area (Å²) in [5.41, 5.74) is 7.72. The summed E-state index contributed by atoms with van der Waals surface area (Å²) in [5.74, 6) is 0.795. The zero-order valence-corrected chi connectivity index (χ0v) is 19.0. The first kappa shape index (κ1) is 22.1. The van der Waals surface area contributed by atoms with Crippen LogP contribution in [0.4, 0.5) is 0 Å². The number of hydrogen-bond donors (Lipinski definition) is 1. The zero-order chi connectivity index (χ0) is 22.2. The highest BCUT2D eigenvalue weighted by Crippen LogP contribution is 2.32. The molecule has 0 atom stereocenters. The Hall–Kier alpha value is -3.08. The van der Waals surface area contributed by atoms with Crippen LogP contribution in [-0.4, -0.2) is 23.3 Å². The van der Waals surface area contributed by atoms with Gasteiger partial charge in [-0.05, 0) is 73.6 Å². The SMILES string of the molecule is CCCCCOc1ccc(/C=N/NC(=O)CCn2c3c(c4ccccc42)CCCC3)cc1. The molecule has 3 aromatic rings. The van der Waals surface area contributed by atoms with E-state index < -0.39 is 0 Å². The second kappa shape index (κ2) is 11.0. The monoisotopic (exact) mass is 431 g/mol. The number of benzene rings is 2. The minimum absolute atomic E-state index is 0.0699. The second-order valence-electron chi connectivity index (χ2n) is 8.47. The molecule has 0 aliphatic heterocycles. The molecule has 0 spiro atoms. The minimum atomic E-state index is -0.0699. The summed E-state index contributed by atoms with van der Waals surface area (Å²) in [6.07, 6.45) is 10.3. The van der Waals surface area contributed by atoms with Crippen LogP contribution in [0.25, 0.3) is 10.9 Å². The van der Waals surface area contributed by atoms with Gasteiger partial charge in [0.05, 0.1) is 12.8 Å². The average molecular weight is 432 g/mol. The van der Waals surface area contributed by atoms with Crippen LogP contribution in [0.1, 0.15) is 62.3 Å². The summed E-state index contributed by atoms with van der Waals surface area (Å²) < 4.78 is 8.07. The van der Waals surface area contributed by atoms with E-state index in [9.17, 15) is 4.79 Å². The molecule has 1 heterocycles. The van der Waals surface area contributed by atoms with Gasteiger partial charge in [-0.25, -0.2) is 5.43 Å². The van der Waals surface area contributed by atoms with E-state index in [1.54, 1.807) is 6.21 Å². The van der Waals surface area contributed by atoms with Crippen LogP contribution in [0.3, 0.4) is 0 Å². The van der Waals surface area contributed by atoms with Gasteiger partial charge in [-0.15, -0.1) is 0 Å². The lowest BCUT2D eigenvalue weighted by molar-refractivity contribution is -0.121. The molecule has 5 nitrogen and oxygen atoms in total. The molecule has 1 aliphatic rings. The number of ether oxygens (including phenoxy) is 1. The molecule has 1 N–H and O–H groups in total. The highest BCUT2D eigenvalue weighted by molar-refractivity contribution is 5.86. The van der Waals surface area contributed by atoms with E-state index in [-0.39, 0.29) is 5.91 Å². The average Bonchev–Trinajstić information content (AvgIpc) is 3.15. The summed E-state index contributed by atoms with van der Waals surface area (Å²) in [7, 11) is 0. The highest BCUT2D eigenvalue weighted by atomic mass is 16.5. The Morgan fingerprint density at radius 1 is 1.09 bits per heavy atom. The lowest BCUT2D eigenvalue weighted by Gasteiger charge is -2.15. The fraction of sp³-hybridized carbons (Fsp3) is 0.407. The first-order valence-electron chi connectivity index (χ1n) is 11.9. The molecule has 0 saturated carbocycles. The molecule has 168 valence electrons. The molecule has 2 aromatic carbocycles. The summed E-state index contributed by atoms with van der Waals surface area (Å²) >= 11 is 0. The van der Waals surface area contributed by atoms with Crippen molar-refractivity contribution in [2.45, 2.75) is 64.8 Å². The summed E-state index contributed by atoms with van der Waals surface area (Å²) in [5, 5.41) is 5.48. The number of carbonyl (C=O) groups excluding carboxylic acids is 1. The van der Waals surface area contributed by atoms with Crippen molar-refractivity contribution < 1.29 is 9.53 Å². The van der Waals surface area contributed by atoms with E-state index in [2.05, 4.69) is 46.3 Å². The molecule has 0 bridgehead atoms. The van der Waals surface area contributed by atoms with Gasteiger partial charge in [0.2, 0.25) is 5.91 Å². The number of unbranched alkanes of at least 4 members (excludes halogenated alkanes) is 2. The van der Waals surface area contributed by atoms with Crippen LogP contribution in [-0.2, 0) is 24.2 Å². The zero-order valence-electron chi connectivity index (χ0n) is 19.0. The van der Waals surface area contributed by atoms with E-state index in [1.807, 2.05) is 24.3 Å². The van der Waals surface area contributed by atoms with Crippen molar-refractivity contribution in [1.82, 2.24) is 9.99 Å². The standard InChI is InChI=1S/C27H33N3O2/c1-2-3-8-19-32-22-15-13-21(14-16-22)20-28-29-27(31)17-18-30-25-11-6-4-9-23(25)24-10-5-7-12-26(24)30/h4,6,9,11,13-16,20H,2-3,5,7-8,10,12,17-19H2,1H3,(H,29,31)/b28-20+. The predicted molar refractivity (Wildman–Crippen MR) is 130 cm³/mol. The highest BCUT2D eigenvalue weighted by Gasteiger charge is 2.19. The minimum Gasteiger partial charge on any atom is -0.494 e. The summed E-state index contributed by atoms with van der Waals surface area (Å²) in [4.78, 5) is 12.4. The molecule has 5 heteroatoms. The Morgan fingerprint density at radius 3 is 2.75 bits per heavy atom. The number of rotatable bonds is 10. The van der Waals surface area contributed by atoms with Crippen molar-refractivity contribution in [3.05, 3.63) is 65.4 Å². The quantitative estimate of drug-likeness (QED) is 0.257. The van der Waals surface area contributed by atoms with Gasteiger partial charge < -0.3 is 9.30 Å². The van der Waals surface area contributed by atoms with Gasteiger partial charge in [0.15, 0.2) is 0 Å². The number of hydrogen-bond acceptors (Lipinski definition) is 3. The molecule has 4 rings (SSSR count). The fourth-order valence-corrected chi connectivity index (χ4v) is 4.48. The summed E-state index contributed by atoms with van der Waals surface area (Å²) in [6.45, 7) is 3.61. The molecular formula is C27H33N3O2. The number of amides is 1. The Morgan fingerprint density at radius 2 is 1.91 bits per heavy atom. The fourth-order valence-electron chi connectivity index (χ4n) is 4.48. The Bertz CT molecular complexity index is 1070. The van der Waals surface area contributed by atoms with Gasteiger partial charge in [-0.2, -0.15) is 5.10 Å². The molecule has 0 fully saturated rings. The van der Waals surface area contributed by atoms with Gasteiger partial charge in [0, 0.05) is 29.6 Å². The van der Waals surface area contributed by atoms with E-state index in [0.717, 1.165) is 37.2 Å². The predicted octanol–water partition coefficient (Wildman–Crippen LogP) is 5.63. The number of para-hydroxylation sites is 1. The maximum Gasteiger partial charge on any atom is 0.241 e. The van der Waals surface area contributed by atoms with Gasteiger partial charge in [-0.3, -0.25) is 4.79 Å². The van der Waals surface area contributed by atoms with Crippen LogP contribution in [0, 0.1) is 0 Å². The van der Waals surface area contributed by atoms with Crippen molar-refractivity contribution in [3.63, 3.8) is 0 Å². The molecule has 1 aliphatic carbocycles. The van der Waals surface area contributed by atoms with Gasteiger partial charge >= 0.3 is 0 Å². The third kappa shape index (κ3) is 5.39. The number of nitrogens with one attached hydrogen (secondary N) is 1. The smallest absolute Gasteiger partial charge is 0.241 e. The van der Waals surface area contributed by atoms with E-state index >= 15 is 0 Å². The Labute approximate surface area is 190 Å². The number of hydrazone groups is 1. The molecule has 0 unspecified atom stereocenters. The molecule has 1 amide bonds. The normalized spacial score (nSPS) is 13.4. The molecule has 32 heavy (non-hydrogen) atoms. The van der Waals surface area contributed by atoms with Crippen molar-refractivity contribution in [2.24, 2.45) is 5.10 Å². The first-order valence-corrected chi connectivity index (χ1v) is 11.9. The first-order chi connectivity index (χ1) is 15.8. The molecular weight excluding hydrogens is 398 g/mol. The lowest BCUT2D eigenvalue weighted by atomic mass is 9.95. The van der Waals surface area contributed by atoms with Crippen LogP contribution < -0.4 is 10.2 Å². The van der Waals surface area contributed by atoms with E-state index in [4.69, 9.17) is 4.74 Å². The molecule has 1 aromatic heterocycles. The Balaban J connectivity index is 1.29. The topological polar surface area (TPSA) is 55.6 Å². The van der Waals surface area contributed by atoms with Crippen molar-refractivity contribution in [3.8, 4) is 5.75 Å². The number of aromatic nitrogens is 1. The van der Waals surface area contributed by atoms with Crippen LogP contribution >= 0.6 is 0 Å². The van der Waals surface area contributed by atoms with Crippen molar-refractivity contribution >= 4 is 23.0 Å². The van der Waals surface area contributed by atoms with Crippen LogP contribution in [0.15, 0.2) is 53.6 Å². The van der Waals surface area contributed by atoms with Gasteiger partial charge in [0.25, 0.3) is 0 Å². The largest absolute Gasteiger partial charge is 0.494 e. The van der Waals surface area contributed by atoms with E-state index in [0.29, 0.717) is 13.0 Å². The molecule has 0 radical (unpaired) electrons. The number of aryl methyl sites for hydroxylation is 2. The van der Waals surface area contributed by atoms with Crippen LogP contribution in [0.2, 0.25) is 0 Å². The maximum absolute atomic E-state index is 12.4. The van der Waals surface area contributed by atoms with E-state index in [1.165, 1.54) is 47.8 Å². The lowest BCUT2D eigenvalue weighted by Crippen LogP contribution is -2.20. The second-order valence-corrected chi connectivity index (χ2v) is 8.47. The summed E-state index contributed by atoms with van der Waals surface area (Å²) in [6, 6.07) is 16.3. The Kier molecular flexibility index (Phi) is 7.59. The van der Waals surface area contributed by atoms with Crippen molar-refractivity contribution in [1.29, 1.82) is 0 Å². The number of fused-ring (bicyclic) bond motifs is 3. The van der Waals surface area contributed by atoms with Crippen LogP contribution in [0.5, 0.6) is 5.75 Å². The number of nitrogens with zero attached hydrogens (tertiary/aromatic N) is 2. The third-order valence-corrected chi connectivity index (χ3v) is 6.15. The maximum atomic E-state index is 12.4. The molecule has 0 saturated heterocycles. The number of carbonyl (C=O) groups is 1. The van der Waals surface area contributed by atoms with Gasteiger partial charge in [-0.1, -0.05) is 38.0 Å². The van der Waals surface area contributed by atoms with Crippen molar-refractivity contribution in [2.75, 3.05) is 6.61 Å². The van der Waals surface area contributed by atoms with Gasteiger partial charge in [0.1, 0.15) is 5.75 Å².